The molecule has 0 aliphatic heterocycles. The summed E-state index contributed by atoms with van der Waals surface area (Å²) in [6.45, 7) is 0. The summed E-state index contributed by atoms with van der Waals surface area (Å²) in [5.74, 6) is -0.781. The average molecular weight is 505 g/mol. The maximum atomic E-state index is 13.2. The summed E-state index contributed by atoms with van der Waals surface area (Å²) < 4.78 is 24.4. The van der Waals surface area contributed by atoms with Crippen LogP contribution >= 0.6 is 58.0 Å². The second kappa shape index (κ2) is 8.96. The van der Waals surface area contributed by atoms with Gasteiger partial charge < -0.3 is 5.32 Å². The standard InChI is InChI=1S/C17H15Cl5N2O3S/c1-24(2)17(21,22)16(28(26,27)12-6-3-10(18)4-7-12)23-15(25)13-8-5-11(19)9-14(13)20/h3-9,16H,1-2H3,(H,23,25). The van der Waals surface area contributed by atoms with Crippen molar-refractivity contribution in [3.63, 3.8) is 0 Å². The molecule has 0 spiro atoms. The number of amides is 1. The second-order valence-corrected chi connectivity index (χ2v) is 10.6. The summed E-state index contributed by atoms with van der Waals surface area (Å²) in [5.41, 5.74) is 0.0188. The van der Waals surface area contributed by atoms with Gasteiger partial charge in [-0.1, -0.05) is 58.0 Å². The molecule has 1 atom stereocenters. The molecule has 0 aromatic heterocycles. The lowest BCUT2D eigenvalue weighted by atomic mass is 10.2. The number of rotatable bonds is 6. The van der Waals surface area contributed by atoms with E-state index in [0.717, 1.165) is 0 Å². The fourth-order valence-corrected chi connectivity index (χ4v) is 5.28. The van der Waals surface area contributed by atoms with Crippen molar-refractivity contribution in [3.8, 4) is 0 Å². The van der Waals surface area contributed by atoms with Crippen LogP contribution in [-0.4, -0.2) is 43.2 Å². The van der Waals surface area contributed by atoms with E-state index in [1.807, 2.05) is 0 Å². The molecule has 0 saturated carbocycles. The predicted molar refractivity (Wildman–Crippen MR) is 114 cm³/mol. The van der Waals surface area contributed by atoms with E-state index in [9.17, 15) is 13.2 Å². The Bertz CT molecular complexity index is 979. The molecule has 0 bridgehead atoms. The Labute approximate surface area is 188 Å². The van der Waals surface area contributed by atoms with Crippen molar-refractivity contribution in [1.82, 2.24) is 10.2 Å². The summed E-state index contributed by atoms with van der Waals surface area (Å²) in [6.07, 6.45) is 0. The number of carbonyl (C=O) groups is 1. The van der Waals surface area contributed by atoms with Gasteiger partial charge in [-0.15, -0.1) is 0 Å². The quantitative estimate of drug-likeness (QED) is 0.450. The van der Waals surface area contributed by atoms with Gasteiger partial charge in [0.1, 0.15) is 0 Å². The molecule has 2 aromatic carbocycles. The van der Waals surface area contributed by atoms with E-state index >= 15 is 0 Å². The molecule has 0 radical (unpaired) electrons. The lowest BCUT2D eigenvalue weighted by Gasteiger charge is -2.35. The van der Waals surface area contributed by atoms with Crippen LogP contribution in [0.2, 0.25) is 15.1 Å². The van der Waals surface area contributed by atoms with E-state index in [2.05, 4.69) is 5.32 Å². The van der Waals surface area contributed by atoms with Gasteiger partial charge in [0.25, 0.3) is 5.91 Å². The third kappa shape index (κ3) is 5.05. The number of alkyl halides is 2. The fourth-order valence-electron chi connectivity index (χ4n) is 2.22. The van der Waals surface area contributed by atoms with Crippen molar-refractivity contribution in [2.24, 2.45) is 0 Å². The normalized spacial score (nSPS) is 13.4. The molecule has 0 aliphatic carbocycles. The zero-order chi connectivity index (χ0) is 21.3. The molecule has 0 heterocycles. The topological polar surface area (TPSA) is 66.5 Å². The van der Waals surface area contributed by atoms with Crippen molar-refractivity contribution in [2.45, 2.75) is 14.7 Å². The first kappa shape index (κ1) is 23.5. The average Bonchev–Trinajstić information content (AvgIpc) is 2.59. The number of nitrogens with zero attached hydrogens (tertiary/aromatic N) is 1. The lowest BCUT2D eigenvalue weighted by Crippen LogP contribution is -2.57. The van der Waals surface area contributed by atoms with E-state index < -0.39 is 25.6 Å². The van der Waals surface area contributed by atoms with Gasteiger partial charge >= 0.3 is 0 Å². The monoisotopic (exact) mass is 502 g/mol. The third-order valence-electron chi connectivity index (χ3n) is 3.80. The van der Waals surface area contributed by atoms with Crippen molar-refractivity contribution < 1.29 is 13.2 Å². The van der Waals surface area contributed by atoms with Gasteiger partial charge in [0.15, 0.2) is 5.37 Å². The molecule has 2 aromatic rings. The van der Waals surface area contributed by atoms with Crippen molar-refractivity contribution in [2.75, 3.05) is 14.1 Å². The number of benzene rings is 2. The minimum atomic E-state index is -4.21. The summed E-state index contributed by atoms with van der Waals surface area (Å²) in [7, 11) is -1.25. The molecule has 1 amide bonds. The minimum absolute atomic E-state index is 0.0188. The van der Waals surface area contributed by atoms with Crippen LogP contribution in [0.5, 0.6) is 0 Å². The first-order valence-electron chi connectivity index (χ1n) is 7.68. The van der Waals surface area contributed by atoms with Crippen molar-refractivity contribution in [3.05, 3.63) is 63.1 Å². The van der Waals surface area contributed by atoms with Crippen LogP contribution in [0.15, 0.2) is 47.4 Å². The summed E-state index contributed by atoms with van der Waals surface area (Å²) in [6, 6.07) is 9.59. The van der Waals surface area contributed by atoms with Crippen LogP contribution in [0.4, 0.5) is 0 Å². The second-order valence-electron chi connectivity index (χ2n) is 5.96. The zero-order valence-corrected chi connectivity index (χ0v) is 19.2. The van der Waals surface area contributed by atoms with Crippen LogP contribution < -0.4 is 5.32 Å². The van der Waals surface area contributed by atoms with E-state index in [1.54, 1.807) is 0 Å². The summed E-state index contributed by atoms with van der Waals surface area (Å²) in [5, 5.41) is 1.37. The number of halogens is 5. The van der Waals surface area contributed by atoms with Gasteiger partial charge in [0, 0.05) is 10.0 Å². The van der Waals surface area contributed by atoms with Crippen LogP contribution in [0.3, 0.4) is 0 Å². The van der Waals surface area contributed by atoms with Crippen LogP contribution in [-0.2, 0) is 9.84 Å². The van der Waals surface area contributed by atoms with Gasteiger partial charge in [-0.3, -0.25) is 9.69 Å². The lowest BCUT2D eigenvalue weighted by molar-refractivity contribution is 0.0936. The van der Waals surface area contributed by atoms with Gasteiger partial charge in [0.05, 0.1) is 15.5 Å². The number of likely N-dealkylation sites (N-methyl/N-ethyl adjacent to an activating group) is 1. The molecule has 2 rings (SSSR count). The first-order chi connectivity index (χ1) is 12.9. The Balaban J connectivity index is 2.51. The molecule has 0 aliphatic rings. The Morgan fingerprint density at radius 2 is 1.54 bits per heavy atom. The van der Waals surface area contributed by atoms with Crippen molar-refractivity contribution >= 4 is 73.7 Å². The number of carbonyl (C=O) groups excluding carboxylic acids is 1. The van der Waals surface area contributed by atoms with Crippen LogP contribution in [0.25, 0.3) is 0 Å². The maximum absolute atomic E-state index is 13.2. The van der Waals surface area contributed by atoms with Gasteiger partial charge in [0.2, 0.25) is 14.3 Å². The molecular weight excluding hydrogens is 490 g/mol. The Kier molecular flexibility index (Phi) is 7.54. The summed E-state index contributed by atoms with van der Waals surface area (Å²) >= 11 is 30.3. The number of sulfone groups is 1. The SMILES string of the molecule is CN(C)C(Cl)(Cl)C(NC(=O)c1ccc(Cl)cc1Cl)S(=O)(=O)c1ccc(Cl)cc1. The van der Waals surface area contributed by atoms with Crippen LogP contribution in [0, 0.1) is 0 Å². The highest BCUT2D eigenvalue weighted by Gasteiger charge is 2.47. The van der Waals surface area contributed by atoms with Gasteiger partial charge in [-0.25, -0.2) is 8.42 Å². The molecule has 11 heteroatoms. The molecular formula is C17H15Cl5N2O3S. The maximum Gasteiger partial charge on any atom is 0.253 e. The largest absolute Gasteiger partial charge is 0.331 e. The number of hydrogen-bond donors (Lipinski definition) is 1. The van der Waals surface area contributed by atoms with E-state index in [1.165, 1.54) is 61.5 Å². The fraction of sp³-hybridized carbons (Fsp3) is 0.235. The summed E-state index contributed by atoms with van der Waals surface area (Å²) in [4.78, 5) is 13.9. The Morgan fingerprint density at radius 1 is 1.00 bits per heavy atom. The molecule has 28 heavy (non-hydrogen) atoms. The number of hydrogen-bond acceptors (Lipinski definition) is 4. The highest BCUT2D eigenvalue weighted by atomic mass is 35.5. The first-order valence-corrected chi connectivity index (χ1v) is 11.1. The predicted octanol–water partition coefficient (Wildman–Crippen LogP) is 4.87. The van der Waals surface area contributed by atoms with E-state index in [0.29, 0.717) is 10.0 Å². The Hall–Kier alpha value is -0.730. The van der Waals surface area contributed by atoms with Crippen LogP contribution in [0.1, 0.15) is 10.4 Å². The third-order valence-corrected chi connectivity index (χ3v) is 7.98. The van der Waals surface area contributed by atoms with Crippen molar-refractivity contribution in [1.29, 1.82) is 0 Å². The van der Waals surface area contributed by atoms with E-state index in [4.69, 9.17) is 58.0 Å². The number of nitrogens with one attached hydrogen (secondary N) is 1. The smallest absolute Gasteiger partial charge is 0.253 e. The highest BCUT2D eigenvalue weighted by Crippen LogP contribution is 2.34. The molecule has 1 unspecified atom stereocenters. The Morgan fingerprint density at radius 3 is 2.04 bits per heavy atom. The van der Waals surface area contributed by atoms with Gasteiger partial charge in [-0.05, 0) is 56.6 Å². The molecule has 5 nitrogen and oxygen atoms in total. The highest BCUT2D eigenvalue weighted by molar-refractivity contribution is 7.92. The molecule has 1 N–H and O–H groups in total. The minimum Gasteiger partial charge on any atom is -0.331 e. The molecule has 0 saturated heterocycles. The van der Waals surface area contributed by atoms with E-state index in [-0.39, 0.29) is 15.5 Å². The zero-order valence-electron chi connectivity index (χ0n) is 14.6. The molecule has 152 valence electrons. The molecule has 0 fully saturated rings. The van der Waals surface area contributed by atoms with Gasteiger partial charge in [-0.2, -0.15) is 0 Å².